The van der Waals surface area contributed by atoms with Gasteiger partial charge < -0.3 is 10.2 Å². The van der Waals surface area contributed by atoms with Crippen LogP contribution in [0.15, 0.2) is 23.8 Å². The van der Waals surface area contributed by atoms with E-state index in [1.807, 2.05) is 25.7 Å². The molecule has 0 bridgehead atoms. The minimum atomic E-state index is -0.185. The number of rotatable bonds is 5. The molecule has 0 aliphatic heterocycles. The van der Waals surface area contributed by atoms with Crippen LogP contribution in [0.3, 0.4) is 0 Å². The Morgan fingerprint density at radius 2 is 2.14 bits per heavy atom. The normalized spacial score (nSPS) is 18.9. The topological polar surface area (TPSA) is 32.3 Å². The van der Waals surface area contributed by atoms with Crippen LogP contribution >= 0.6 is 0 Å². The highest BCUT2D eigenvalue weighted by molar-refractivity contribution is 5.75. The first-order valence-corrected chi connectivity index (χ1v) is 8.13. The van der Waals surface area contributed by atoms with Gasteiger partial charge in [0.1, 0.15) is 0 Å². The van der Waals surface area contributed by atoms with Crippen LogP contribution in [0.25, 0.3) is 0 Å². The molecule has 1 unspecified atom stereocenters. The van der Waals surface area contributed by atoms with Crippen molar-refractivity contribution in [2.45, 2.75) is 65.8 Å². The Morgan fingerprint density at radius 3 is 2.57 bits per heavy atom. The van der Waals surface area contributed by atoms with Crippen LogP contribution < -0.4 is 5.32 Å². The van der Waals surface area contributed by atoms with Gasteiger partial charge in [0.05, 0.1) is 0 Å². The molecule has 0 saturated carbocycles. The zero-order valence-corrected chi connectivity index (χ0v) is 14.5. The summed E-state index contributed by atoms with van der Waals surface area (Å²) in [7, 11) is 0. The van der Waals surface area contributed by atoms with Gasteiger partial charge in [-0.05, 0) is 59.3 Å². The van der Waals surface area contributed by atoms with E-state index in [9.17, 15) is 4.79 Å². The first kappa shape index (κ1) is 17.8. The molecule has 1 N–H and O–H groups in total. The summed E-state index contributed by atoms with van der Waals surface area (Å²) in [6.07, 6.45) is 6.63. The monoisotopic (exact) mass is 292 g/mol. The number of amides is 2. The fourth-order valence-electron chi connectivity index (χ4n) is 2.65. The van der Waals surface area contributed by atoms with Gasteiger partial charge in [-0.15, -0.1) is 0 Å². The van der Waals surface area contributed by atoms with E-state index in [1.165, 1.54) is 17.6 Å². The summed E-state index contributed by atoms with van der Waals surface area (Å²) in [6, 6.07) is 0.0484. The average Bonchev–Trinajstić information content (AvgIpc) is 2.36. The summed E-state index contributed by atoms with van der Waals surface area (Å²) >= 11 is 0. The van der Waals surface area contributed by atoms with E-state index < -0.39 is 0 Å². The molecule has 1 aliphatic carbocycles. The quantitative estimate of drug-likeness (QED) is 0.743. The molecule has 1 atom stereocenters. The van der Waals surface area contributed by atoms with Gasteiger partial charge in [0, 0.05) is 18.6 Å². The highest BCUT2D eigenvalue weighted by Crippen LogP contribution is 2.28. The van der Waals surface area contributed by atoms with Crippen LogP contribution in [-0.2, 0) is 0 Å². The largest absolute Gasteiger partial charge is 0.333 e. The molecule has 120 valence electrons. The molecule has 0 aromatic rings. The summed E-state index contributed by atoms with van der Waals surface area (Å²) in [5.41, 5.74) is 2.49. The average molecular weight is 292 g/mol. The zero-order valence-electron chi connectivity index (χ0n) is 14.5. The smallest absolute Gasteiger partial charge is 0.318 e. The van der Waals surface area contributed by atoms with Gasteiger partial charge in [-0.25, -0.2) is 4.79 Å². The molecule has 0 radical (unpaired) electrons. The Balaban J connectivity index is 2.63. The molecule has 1 aliphatic rings. The van der Waals surface area contributed by atoms with Gasteiger partial charge in [0.25, 0.3) is 0 Å². The lowest BCUT2D eigenvalue weighted by Crippen LogP contribution is -2.49. The molecular weight excluding hydrogens is 260 g/mol. The molecule has 0 heterocycles. The third-order valence-electron chi connectivity index (χ3n) is 3.86. The third kappa shape index (κ3) is 6.36. The van der Waals surface area contributed by atoms with Crippen molar-refractivity contribution in [3.63, 3.8) is 0 Å². The summed E-state index contributed by atoms with van der Waals surface area (Å²) in [4.78, 5) is 14.3. The minimum Gasteiger partial charge on any atom is -0.333 e. The second-order valence-corrected chi connectivity index (χ2v) is 7.28. The molecular formula is C18H32N2O. The van der Waals surface area contributed by atoms with Crippen LogP contribution in [0.5, 0.6) is 0 Å². The standard InChI is InChI=1S/C18H32N2O/c1-7-12-20(17(21)19-18(4,5)6)13-15-8-10-16(11-9-15)14(2)3/h8,16H,2,7,9-13H2,1,3-6H3,(H,19,21). The van der Waals surface area contributed by atoms with E-state index in [0.717, 1.165) is 32.4 Å². The summed E-state index contributed by atoms with van der Waals surface area (Å²) in [5, 5.41) is 3.07. The number of nitrogens with zero attached hydrogens (tertiary/aromatic N) is 1. The Morgan fingerprint density at radius 1 is 1.48 bits per heavy atom. The summed E-state index contributed by atoms with van der Waals surface area (Å²) in [5.74, 6) is 0.622. The highest BCUT2D eigenvalue weighted by Gasteiger charge is 2.21. The molecule has 0 fully saturated rings. The molecule has 0 saturated heterocycles. The van der Waals surface area contributed by atoms with E-state index >= 15 is 0 Å². The number of hydrogen-bond acceptors (Lipinski definition) is 1. The molecule has 3 nitrogen and oxygen atoms in total. The van der Waals surface area contributed by atoms with Crippen molar-refractivity contribution in [1.29, 1.82) is 0 Å². The Hall–Kier alpha value is -1.25. The molecule has 0 aromatic heterocycles. The van der Waals surface area contributed by atoms with Crippen LogP contribution in [0.2, 0.25) is 0 Å². The van der Waals surface area contributed by atoms with E-state index in [-0.39, 0.29) is 11.6 Å². The predicted molar refractivity (Wildman–Crippen MR) is 90.4 cm³/mol. The zero-order chi connectivity index (χ0) is 16.0. The fourth-order valence-corrected chi connectivity index (χ4v) is 2.65. The number of carbonyl (C=O) groups excluding carboxylic acids is 1. The minimum absolute atomic E-state index is 0.0484. The molecule has 0 spiro atoms. The fraction of sp³-hybridized carbons (Fsp3) is 0.722. The van der Waals surface area contributed by atoms with E-state index in [2.05, 4.69) is 31.8 Å². The molecule has 1 rings (SSSR count). The van der Waals surface area contributed by atoms with Crippen molar-refractivity contribution >= 4 is 6.03 Å². The van der Waals surface area contributed by atoms with Gasteiger partial charge in [0.2, 0.25) is 0 Å². The molecule has 2 amide bonds. The van der Waals surface area contributed by atoms with Gasteiger partial charge in [-0.1, -0.05) is 30.7 Å². The van der Waals surface area contributed by atoms with Crippen molar-refractivity contribution in [2.75, 3.05) is 13.1 Å². The number of carbonyl (C=O) groups is 1. The SMILES string of the molecule is C=C(C)C1CC=C(CN(CCC)C(=O)NC(C)(C)C)CC1. The predicted octanol–water partition coefficient (Wildman–Crippen LogP) is 4.51. The third-order valence-corrected chi connectivity index (χ3v) is 3.86. The summed E-state index contributed by atoms with van der Waals surface area (Å²) < 4.78 is 0. The number of allylic oxidation sites excluding steroid dienone is 2. The Kier molecular flexibility index (Phi) is 6.50. The van der Waals surface area contributed by atoms with Crippen molar-refractivity contribution in [3.05, 3.63) is 23.8 Å². The highest BCUT2D eigenvalue weighted by atomic mass is 16.2. The van der Waals surface area contributed by atoms with Crippen molar-refractivity contribution < 1.29 is 4.79 Å². The van der Waals surface area contributed by atoms with Gasteiger partial charge in [-0.3, -0.25) is 0 Å². The maximum absolute atomic E-state index is 12.4. The lowest BCUT2D eigenvalue weighted by atomic mass is 9.85. The second-order valence-electron chi connectivity index (χ2n) is 7.28. The molecule has 3 heteroatoms. The first-order chi connectivity index (χ1) is 9.73. The van der Waals surface area contributed by atoms with Gasteiger partial charge >= 0.3 is 6.03 Å². The lowest BCUT2D eigenvalue weighted by molar-refractivity contribution is 0.192. The lowest BCUT2D eigenvalue weighted by Gasteiger charge is -2.30. The second kappa shape index (κ2) is 7.67. The van der Waals surface area contributed by atoms with E-state index in [1.54, 1.807) is 0 Å². The number of nitrogens with one attached hydrogen (secondary N) is 1. The van der Waals surface area contributed by atoms with Crippen LogP contribution in [-0.4, -0.2) is 29.6 Å². The number of hydrogen-bond donors (Lipinski definition) is 1. The van der Waals surface area contributed by atoms with Crippen molar-refractivity contribution in [2.24, 2.45) is 5.92 Å². The van der Waals surface area contributed by atoms with Crippen LogP contribution in [0.4, 0.5) is 4.79 Å². The Bertz CT molecular complexity index is 404. The van der Waals surface area contributed by atoms with Gasteiger partial charge in [0.15, 0.2) is 0 Å². The van der Waals surface area contributed by atoms with Crippen LogP contribution in [0, 0.1) is 5.92 Å². The molecule has 0 aromatic carbocycles. The van der Waals surface area contributed by atoms with Crippen LogP contribution in [0.1, 0.15) is 60.3 Å². The molecule has 21 heavy (non-hydrogen) atoms. The van der Waals surface area contributed by atoms with Crippen molar-refractivity contribution in [1.82, 2.24) is 10.2 Å². The first-order valence-electron chi connectivity index (χ1n) is 8.13. The maximum atomic E-state index is 12.4. The van der Waals surface area contributed by atoms with E-state index in [4.69, 9.17) is 0 Å². The Labute approximate surface area is 130 Å². The van der Waals surface area contributed by atoms with Crippen molar-refractivity contribution in [3.8, 4) is 0 Å². The number of urea groups is 1. The maximum Gasteiger partial charge on any atom is 0.318 e. The van der Waals surface area contributed by atoms with Gasteiger partial charge in [-0.2, -0.15) is 0 Å². The summed E-state index contributed by atoms with van der Waals surface area (Å²) in [6.45, 7) is 15.9. The van der Waals surface area contributed by atoms with E-state index in [0.29, 0.717) is 5.92 Å².